The molecule has 0 saturated carbocycles. The van der Waals surface area contributed by atoms with Gasteiger partial charge in [0.2, 0.25) is 5.91 Å². The molecule has 1 unspecified atom stereocenters. The summed E-state index contributed by atoms with van der Waals surface area (Å²) in [5.41, 5.74) is 2.04. The molecule has 0 aliphatic carbocycles. The van der Waals surface area contributed by atoms with Gasteiger partial charge in [0.05, 0.1) is 19.1 Å². The summed E-state index contributed by atoms with van der Waals surface area (Å²) in [6.07, 6.45) is 2.11. The van der Waals surface area contributed by atoms with E-state index >= 15 is 0 Å². The van der Waals surface area contributed by atoms with Crippen molar-refractivity contribution in [2.24, 2.45) is 0 Å². The molecule has 0 radical (unpaired) electrons. The second kappa shape index (κ2) is 9.61. The van der Waals surface area contributed by atoms with Crippen LogP contribution < -0.4 is 15.6 Å². The third-order valence-electron chi connectivity index (χ3n) is 4.91. The summed E-state index contributed by atoms with van der Waals surface area (Å²) in [6, 6.07) is 13.4. The Kier molecular flexibility index (Phi) is 6.46. The number of hydrogen-bond donors (Lipinski definition) is 1. The van der Waals surface area contributed by atoms with Crippen LogP contribution >= 0.6 is 11.3 Å². The van der Waals surface area contributed by atoms with E-state index in [4.69, 9.17) is 9.15 Å². The molecule has 1 amide bonds. The molecular formula is C23H22N4O4S. The minimum Gasteiger partial charge on any atom is -0.497 e. The van der Waals surface area contributed by atoms with Crippen LogP contribution in [0.4, 0.5) is 0 Å². The molecule has 0 aliphatic heterocycles. The van der Waals surface area contributed by atoms with Crippen LogP contribution in [0.2, 0.25) is 0 Å². The zero-order chi connectivity index (χ0) is 22.5. The van der Waals surface area contributed by atoms with Crippen molar-refractivity contribution in [1.29, 1.82) is 0 Å². The van der Waals surface area contributed by atoms with Gasteiger partial charge in [0.15, 0.2) is 5.76 Å². The molecule has 8 nitrogen and oxygen atoms in total. The maximum absolute atomic E-state index is 12.6. The normalized spacial score (nSPS) is 11.8. The molecule has 1 aromatic carbocycles. The van der Waals surface area contributed by atoms with Crippen molar-refractivity contribution in [3.8, 4) is 27.8 Å². The Morgan fingerprint density at radius 3 is 2.75 bits per heavy atom. The summed E-state index contributed by atoms with van der Waals surface area (Å²) in [5, 5.41) is 10.0. The van der Waals surface area contributed by atoms with Gasteiger partial charge in [-0.05, 0) is 49.4 Å². The molecule has 3 aromatic heterocycles. The number of furan rings is 1. The van der Waals surface area contributed by atoms with Crippen LogP contribution in [0.25, 0.3) is 22.0 Å². The minimum absolute atomic E-state index is 0.290. The minimum atomic E-state index is -0.761. The largest absolute Gasteiger partial charge is 0.497 e. The second-order valence-electron chi connectivity index (χ2n) is 7.07. The van der Waals surface area contributed by atoms with E-state index in [0.29, 0.717) is 24.4 Å². The Bertz CT molecular complexity index is 1250. The highest BCUT2D eigenvalue weighted by Crippen LogP contribution is 2.25. The summed E-state index contributed by atoms with van der Waals surface area (Å²) in [4.78, 5) is 29.5. The van der Waals surface area contributed by atoms with E-state index in [2.05, 4.69) is 15.4 Å². The van der Waals surface area contributed by atoms with Crippen LogP contribution in [-0.2, 0) is 11.2 Å². The van der Waals surface area contributed by atoms with Crippen molar-refractivity contribution >= 4 is 17.2 Å². The lowest BCUT2D eigenvalue weighted by atomic mass is 10.2. The van der Waals surface area contributed by atoms with Gasteiger partial charge in [-0.3, -0.25) is 9.59 Å². The first-order valence-corrected chi connectivity index (χ1v) is 10.9. The summed E-state index contributed by atoms with van der Waals surface area (Å²) in [6.45, 7) is 2.04. The average molecular weight is 451 g/mol. The van der Waals surface area contributed by atoms with Gasteiger partial charge < -0.3 is 14.5 Å². The van der Waals surface area contributed by atoms with E-state index < -0.39 is 6.04 Å². The van der Waals surface area contributed by atoms with Gasteiger partial charge in [-0.1, -0.05) is 0 Å². The van der Waals surface area contributed by atoms with Crippen molar-refractivity contribution in [2.75, 3.05) is 13.7 Å². The van der Waals surface area contributed by atoms with Crippen LogP contribution in [0, 0.1) is 0 Å². The van der Waals surface area contributed by atoms with Gasteiger partial charge in [0.25, 0.3) is 5.56 Å². The molecule has 32 heavy (non-hydrogen) atoms. The van der Waals surface area contributed by atoms with E-state index in [1.54, 1.807) is 43.6 Å². The number of methoxy groups -OCH3 is 1. The van der Waals surface area contributed by atoms with E-state index in [1.165, 1.54) is 12.3 Å². The fourth-order valence-corrected chi connectivity index (χ4v) is 3.98. The molecule has 164 valence electrons. The molecule has 4 aromatic rings. The van der Waals surface area contributed by atoms with Gasteiger partial charge in [-0.15, -0.1) is 11.3 Å². The van der Waals surface area contributed by atoms with E-state index in [1.807, 2.05) is 29.6 Å². The van der Waals surface area contributed by atoms with Crippen molar-refractivity contribution in [1.82, 2.24) is 20.1 Å². The highest BCUT2D eigenvalue weighted by Gasteiger charge is 2.18. The number of carbonyl (C=O) groups excluding carboxylic acids is 1. The van der Waals surface area contributed by atoms with Crippen LogP contribution in [0.15, 0.2) is 69.4 Å². The second-order valence-corrected chi connectivity index (χ2v) is 7.93. The lowest BCUT2D eigenvalue weighted by molar-refractivity contribution is -0.124. The summed E-state index contributed by atoms with van der Waals surface area (Å²) in [5.74, 6) is 1.04. The zero-order valence-corrected chi connectivity index (χ0v) is 18.5. The summed E-state index contributed by atoms with van der Waals surface area (Å²) in [7, 11) is 1.63. The molecule has 1 atom stereocenters. The smallest absolute Gasteiger partial charge is 0.267 e. The van der Waals surface area contributed by atoms with Gasteiger partial charge in [-0.2, -0.15) is 5.10 Å². The van der Waals surface area contributed by atoms with Gasteiger partial charge in [0, 0.05) is 30.0 Å². The zero-order valence-electron chi connectivity index (χ0n) is 17.6. The first-order valence-electron chi connectivity index (χ1n) is 10.1. The number of rotatable bonds is 8. The van der Waals surface area contributed by atoms with Crippen molar-refractivity contribution in [3.63, 3.8) is 0 Å². The fraction of sp³-hybridized carbons (Fsp3) is 0.217. The molecule has 4 rings (SSSR count). The monoisotopic (exact) mass is 450 g/mol. The Balaban J connectivity index is 1.36. The Hall–Kier alpha value is -3.72. The Morgan fingerprint density at radius 2 is 2.03 bits per heavy atom. The molecule has 0 bridgehead atoms. The lowest BCUT2D eigenvalue weighted by Gasteiger charge is -2.14. The molecule has 1 N–H and O–H groups in total. The van der Waals surface area contributed by atoms with Gasteiger partial charge in [-0.25, -0.2) is 9.67 Å². The quantitative estimate of drug-likeness (QED) is 0.441. The summed E-state index contributed by atoms with van der Waals surface area (Å²) < 4.78 is 11.7. The predicted octanol–water partition coefficient (Wildman–Crippen LogP) is 3.56. The number of amides is 1. The Labute approximate surface area is 188 Å². The molecule has 0 fully saturated rings. The highest BCUT2D eigenvalue weighted by molar-refractivity contribution is 7.13. The molecule has 0 aliphatic rings. The summed E-state index contributed by atoms with van der Waals surface area (Å²) >= 11 is 1.55. The number of ether oxygens (including phenoxy) is 1. The van der Waals surface area contributed by atoms with Crippen LogP contribution in [-0.4, -0.2) is 34.3 Å². The maximum atomic E-state index is 12.6. The van der Waals surface area contributed by atoms with E-state index in [0.717, 1.165) is 26.7 Å². The van der Waals surface area contributed by atoms with Crippen molar-refractivity contribution in [3.05, 3.63) is 76.2 Å². The number of aromatic nitrogens is 3. The third-order valence-corrected chi connectivity index (χ3v) is 5.85. The van der Waals surface area contributed by atoms with Crippen molar-refractivity contribution < 1.29 is 13.9 Å². The Morgan fingerprint density at radius 1 is 1.22 bits per heavy atom. The van der Waals surface area contributed by atoms with Crippen LogP contribution in [0.5, 0.6) is 5.75 Å². The predicted molar refractivity (Wildman–Crippen MR) is 122 cm³/mol. The topological polar surface area (TPSA) is 99.2 Å². The number of benzene rings is 1. The number of carbonyl (C=O) groups is 1. The molecule has 0 spiro atoms. The number of hydrogen-bond acceptors (Lipinski definition) is 7. The van der Waals surface area contributed by atoms with Crippen LogP contribution in [0.3, 0.4) is 0 Å². The standard InChI is InChI=1S/C23H22N4O4S/c1-15(27-21(28)10-9-19(26-27)20-4-3-13-31-20)22(29)24-12-11-17-14-32-23(25-17)16-5-7-18(30-2)8-6-16/h3-10,13-15H,11-12H2,1-2H3,(H,24,29). The van der Waals surface area contributed by atoms with Gasteiger partial charge in [0.1, 0.15) is 22.5 Å². The number of nitrogens with zero attached hydrogens (tertiary/aromatic N) is 3. The van der Waals surface area contributed by atoms with E-state index in [9.17, 15) is 9.59 Å². The lowest BCUT2D eigenvalue weighted by Crippen LogP contribution is -2.37. The van der Waals surface area contributed by atoms with Crippen molar-refractivity contribution in [2.45, 2.75) is 19.4 Å². The molecule has 9 heteroatoms. The number of thiazole rings is 1. The first kappa shape index (κ1) is 21.5. The molecule has 3 heterocycles. The fourth-order valence-electron chi connectivity index (χ4n) is 3.12. The maximum Gasteiger partial charge on any atom is 0.267 e. The van der Waals surface area contributed by atoms with Crippen LogP contribution in [0.1, 0.15) is 18.7 Å². The van der Waals surface area contributed by atoms with Gasteiger partial charge >= 0.3 is 0 Å². The SMILES string of the molecule is COc1ccc(-c2nc(CCNC(=O)C(C)n3nc(-c4ccco4)ccc3=O)cs2)cc1. The first-order chi connectivity index (χ1) is 15.5. The molecular weight excluding hydrogens is 428 g/mol. The molecule has 0 saturated heterocycles. The average Bonchev–Trinajstić information content (AvgIpc) is 3.52. The van der Waals surface area contributed by atoms with E-state index in [-0.39, 0.29) is 11.5 Å². The highest BCUT2D eigenvalue weighted by atomic mass is 32.1. The third kappa shape index (κ3) is 4.78. The number of nitrogens with one attached hydrogen (secondary N) is 1.